The normalized spacial score (nSPS) is 12.0. The van der Waals surface area contributed by atoms with Crippen molar-refractivity contribution in [3.05, 3.63) is 39.6 Å². The molecule has 0 atom stereocenters. The van der Waals surface area contributed by atoms with Gasteiger partial charge in [0.1, 0.15) is 4.90 Å². The van der Waals surface area contributed by atoms with E-state index in [1.54, 1.807) is 57.7 Å². The molecule has 2 rings (SSSR count). The summed E-state index contributed by atoms with van der Waals surface area (Å²) < 4.78 is 35.0. The Labute approximate surface area is 164 Å². The molecular formula is C17H23Cl2N3O3S. The van der Waals surface area contributed by atoms with Crippen LogP contribution < -0.4 is 4.31 Å². The van der Waals surface area contributed by atoms with E-state index in [-0.39, 0.29) is 10.9 Å². The van der Waals surface area contributed by atoms with Gasteiger partial charge < -0.3 is 4.74 Å². The zero-order valence-electron chi connectivity index (χ0n) is 15.5. The molecule has 0 aliphatic carbocycles. The van der Waals surface area contributed by atoms with Crippen LogP contribution in [-0.2, 0) is 21.3 Å². The number of sulfonamides is 1. The van der Waals surface area contributed by atoms with Crippen molar-refractivity contribution in [1.82, 2.24) is 9.78 Å². The molecule has 0 N–H and O–H groups in total. The van der Waals surface area contributed by atoms with E-state index in [1.165, 1.54) is 4.31 Å². The number of hydrogen-bond donors (Lipinski definition) is 0. The molecule has 0 fully saturated rings. The van der Waals surface area contributed by atoms with Crippen LogP contribution in [0.25, 0.3) is 0 Å². The van der Waals surface area contributed by atoms with Crippen molar-refractivity contribution >= 4 is 38.9 Å². The molecule has 1 aromatic heterocycles. The van der Waals surface area contributed by atoms with Crippen LogP contribution in [0.3, 0.4) is 0 Å². The molecule has 1 heterocycles. The smallest absolute Gasteiger partial charge is 0.268 e. The molecule has 1 aromatic carbocycles. The van der Waals surface area contributed by atoms with E-state index < -0.39 is 10.0 Å². The Hall–Kier alpha value is -1.28. The highest BCUT2D eigenvalue weighted by molar-refractivity contribution is 7.93. The molecule has 9 heteroatoms. The van der Waals surface area contributed by atoms with Gasteiger partial charge in [-0.2, -0.15) is 5.10 Å². The van der Waals surface area contributed by atoms with Crippen molar-refractivity contribution in [3.8, 4) is 0 Å². The quantitative estimate of drug-likeness (QED) is 0.678. The maximum atomic E-state index is 13.5. The lowest BCUT2D eigenvalue weighted by Gasteiger charge is -2.28. The van der Waals surface area contributed by atoms with Crippen LogP contribution in [0.5, 0.6) is 0 Å². The Balaban J connectivity index is 2.58. The Morgan fingerprint density at radius 2 is 1.88 bits per heavy atom. The zero-order chi connectivity index (χ0) is 19.6. The number of nitrogens with zero attached hydrogens (tertiary/aromatic N) is 3. The van der Waals surface area contributed by atoms with E-state index in [2.05, 4.69) is 5.10 Å². The average molecular weight is 420 g/mol. The summed E-state index contributed by atoms with van der Waals surface area (Å²) in [6, 6.07) is 4.47. The second kappa shape index (κ2) is 8.17. The maximum absolute atomic E-state index is 13.5. The van der Waals surface area contributed by atoms with Gasteiger partial charge in [0, 0.05) is 13.2 Å². The first-order chi connectivity index (χ1) is 12.1. The topological polar surface area (TPSA) is 64.4 Å². The van der Waals surface area contributed by atoms with E-state index in [4.69, 9.17) is 27.9 Å². The molecule has 0 radical (unpaired) electrons. The van der Waals surface area contributed by atoms with Gasteiger partial charge in [0.15, 0.2) is 0 Å². The third-order valence-corrected chi connectivity index (χ3v) is 6.96. The standard InChI is InChI=1S/C17H23Cl2N3O3S/c1-11(2)22(14-6-7-15(18)16(19)10-14)26(23,24)17-12(3)20-21(13(17)4)8-9-25-5/h6-7,10-11H,8-9H2,1-5H3. The molecule has 144 valence electrons. The average Bonchev–Trinajstić information content (AvgIpc) is 2.82. The Morgan fingerprint density at radius 1 is 1.23 bits per heavy atom. The largest absolute Gasteiger partial charge is 0.383 e. The summed E-state index contributed by atoms with van der Waals surface area (Å²) in [7, 11) is -2.25. The monoisotopic (exact) mass is 419 g/mol. The lowest BCUT2D eigenvalue weighted by Crippen LogP contribution is -2.37. The molecule has 0 spiro atoms. The molecule has 26 heavy (non-hydrogen) atoms. The predicted octanol–water partition coefficient (Wildman–Crippen LogP) is 4.06. The number of aromatic nitrogens is 2. The minimum Gasteiger partial charge on any atom is -0.383 e. The van der Waals surface area contributed by atoms with Crippen LogP contribution in [0.15, 0.2) is 23.1 Å². The lowest BCUT2D eigenvalue weighted by atomic mass is 10.3. The fourth-order valence-corrected chi connectivity index (χ4v) is 5.21. The van der Waals surface area contributed by atoms with E-state index in [9.17, 15) is 8.42 Å². The van der Waals surface area contributed by atoms with E-state index in [1.807, 2.05) is 0 Å². The number of ether oxygens (including phenoxy) is 1. The Bertz CT molecular complexity index is 895. The van der Waals surface area contributed by atoms with Gasteiger partial charge >= 0.3 is 0 Å². The van der Waals surface area contributed by atoms with Crippen LogP contribution in [0.4, 0.5) is 5.69 Å². The highest BCUT2D eigenvalue weighted by Crippen LogP contribution is 2.33. The number of anilines is 1. The van der Waals surface area contributed by atoms with E-state index >= 15 is 0 Å². The fraction of sp³-hybridized carbons (Fsp3) is 0.471. The number of benzene rings is 1. The van der Waals surface area contributed by atoms with Crippen LogP contribution in [-0.4, -0.2) is 38.0 Å². The molecule has 0 aliphatic heterocycles. The number of methoxy groups -OCH3 is 1. The van der Waals surface area contributed by atoms with Crippen molar-refractivity contribution in [3.63, 3.8) is 0 Å². The van der Waals surface area contributed by atoms with Crippen molar-refractivity contribution in [1.29, 1.82) is 0 Å². The van der Waals surface area contributed by atoms with Crippen molar-refractivity contribution in [2.75, 3.05) is 18.0 Å². The summed E-state index contributed by atoms with van der Waals surface area (Å²) in [6.07, 6.45) is 0. The number of hydrogen-bond acceptors (Lipinski definition) is 4. The van der Waals surface area contributed by atoms with Gasteiger partial charge in [-0.25, -0.2) is 8.42 Å². The van der Waals surface area contributed by atoms with Crippen molar-refractivity contribution in [2.45, 2.75) is 45.2 Å². The number of halogens is 2. The molecule has 0 saturated heterocycles. The van der Waals surface area contributed by atoms with Crippen LogP contribution in [0.1, 0.15) is 25.2 Å². The molecule has 0 amide bonds. The first kappa shape index (κ1) is 21.0. The number of rotatable bonds is 7. The van der Waals surface area contributed by atoms with Crippen LogP contribution in [0, 0.1) is 13.8 Å². The van der Waals surface area contributed by atoms with E-state index in [0.29, 0.717) is 40.3 Å². The van der Waals surface area contributed by atoms with Gasteiger partial charge in [0.05, 0.1) is 40.3 Å². The van der Waals surface area contributed by atoms with Gasteiger partial charge in [-0.05, 0) is 45.9 Å². The molecule has 0 bridgehead atoms. The summed E-state index contributed by atoms with van der Waals surface area (Å²) in [5, 5.41) is 5.04. The molecule has 6 nitrogen and oxygen atoms in total. The predicted molar refractivity (Wildman–Crippen MR) is 105 cm³/mol. The molecular weight excluding hydrogens is 397 g/mol. The summed E-state index contributed by atoms with van der Waals surface area (Å²) in [6.45, 7) is 7.97. The van der Waals surface area contributed by atoms with Crippen LogP contribution >= 0.6 is 23.2 Å². The fourth-order valence-electron chi connectivity index (χ4n) is 2.88. The molecule has 0 aliphatic rings. The van der Waals surface area contributed by atoms with Crippen LogP contribution in [0.2, 0.25) is 10.0 Å². The van der Waals surface area contributed by atoms with Gasteiger partial charge in [-0.1, -0.05) is 23.2 Å². The highest BCUT2D eigenvalue weighted by Gasteiger charge is 2.33. The third kappa shape index (κ3) is 4.01. The lowest BCUT2D eigenvalue weighted by molar-refractivity contribution is 0.182. The third-order valence-electron chi connectivity index (χ3n) is 3.97. The van der Waals surface area contributed by atoms with Gasteiger partial charge in [-0.15, -0.1) is 0 Å². The summed E-state index contributed by atoms with van der Waals surface area (Å²) in [5.74, 6) is 0. The summed E-state index contributed by atoms with van der Waals surface area (Å²) >= 11 is 12.1. The second-order valence-corrected chi connectivity index (χ2v) is 8.78. The van der Waals surface area contributed by atoms with Gasteiger partial charge in [0.25, 0.3) is 10.0 Å². The first-order valence-corrected chi connectivity index (χ1v) is 10.3. The zero-order valence-corrected chi connectivity index (χ0v) is 17.8. The van der Waals surface area contributed by atoms with Gasteiger partial charge in [-0.3, -0.25) is 8.99 Å². The molecule has 0 saturated carbocycles. The second-order valence-electron chi connectivity index (χ2n) is 6.21. The molecule has 0 unspecified atom stereocenters. The van der Waals surface area contributed by atoms with Gasteiger partial charge in [0.2, 0.25) is 0 Å². The SMILES string of the molecule is COCCn1nc(C)c(S(=O)(=O)N(c2ccc(Cl)c(Cl)c2)C(C)C)c1C. The maximum Gasteiger partial charge on any atom is 0.268 e. The van der Waals surface area contributed by atoms with Crippen molar-refractivity contribution < 1.29 is 13.2 Å². The van der Waals surface area contributed by atoms with Crippen molar-refractivity contribution in [2.24, 2.45) is 0 Å². The van der Waals surface area contributed by atoms with E-state index in [0.717, 1.165) is 0 Å². The molecule has 2 aromatic rings. The first-order valence-electron chi connectivity index (χ1n) is 8.13. The minimum absolute atomic E-state index is 0.202. The summed E-state index contributed by atoms with van der Waals surface area (Å²) in [4.78, 5) is 0.202. The summed E-state index contributed by atoms with van der Waals surface area (Å²) in [5.41, 5.74) is 1.48. The Kier molecular flexibility index (Phi) is 6.60. The highest BCUT2D eigenvalue weighted by atomic mass is 35.5. The number of aryl methyl sites for hydroxylation is 1. The minimum atomic E-state index is -3.84. The Morgan fingerprint density at radius 3 is 2.42 bits per heavy atom.